The molecule has 0 bridgehead atoms. The van der Waals surface area contributed by atoms with Crippen molar-refractivity contribution in [2.75, 3.05) is 6.61 Å². The fourth-order valence-corrected chi connectivity index (χ4v) is 1.42. The molecule has 0 saturated carbocycles. The highest BCUT2D eigenvalue weighted by atomic mass is 16.5. The van der Waals surface area contributed by atoms with Gasteiger partial charge in [0.15, 0.2) is 0 Å². The van der Waals surface area contributed by atoms with Gasteiger partial charge in [-0.2, -0.15) is 0 Å². The summed E-state index contributed by atoms with van der Waals surface area (Å²) in [5.74, 6) is -0.0921. The second-order valence-corrected chi connectivity index (χ2v) is 3.68. The second-order valence-electron chi connectivity index (χ2n) is 3.68. The van der Waals surface area contributed by atoms with Crippen LogP contribution in [0.5, 0.6) is 5.75 Å². The smallest absolute Gasteiger partial charge is 0.273 e. The lowest BCUT2D eigenvalue weighted by Gasteiger charge is -2.10. The highest BCUT2D eigenvalue weighted by molar-refractivity contribution is 5.97. The van der Waals surface area contributed by atoms with E-state index in [1.54, 1.807) is 24.3 Å². The summed E-state index contributed by atoms with van der Waals surface area (Å²) >= 11 is 0. The van der Waals surface area contributed by atoms with Gasteiger partial charge < -0.3 is 4.74 Å². The Hall–Kier alpha value is -2.04. The summed E-state index contributed by atoms with van der Waals surface area (Å²) in [4.78, 5) is 23.1. The van der Waals surface area contributed by atoms with Crippen LogP contribution in [-0.2, 0) is 4.79 Å². The van der Waals surface area contributed by atoms with Gasteiger partial charge in [0.2, 0.25) is 5.91 Å². The number of hydrogen-bond acceptors (Lipinski definition) is 3. The number of carbonyl (C=O) groups is 2. The molecule has 0 aromatic heterocycles. The summed E-state index contributed by atoms with van der Waals surface area (Å²) in [7, 11) is 0. The van der Waals surface area contributed by atoms with Crippen LogP contribution < -0.4 is 15.6 Å². The number of rotatable bonds is 5. The fourth-order valence-electron chi connectivity index (χ4n) is 1.42. The molecule has 5 heteroatoms. The monoisotopic (exact) mass is 250 g/mol. The number of benzene rings is 1. The normalized spacial score (nSPS) is 9.67. The van der Waals surface area contributed by atoms with E-state index in [0.717, 1.165) is 6.42 Å². The van der Waals surface area contributed by atoms with Gasteiger partial charge in [-0.25, -0.2) is 0 Å². The molecule has 0 radical (unpaired) electrons. The highest BCUT2D eigenvalue weighted by Gasteiger charge is 2.12. The van der Waals surface area contributed by atoms with Crippen molar-refractivity contribution in [3.05, 3.63) is 29.8 Å². The molecule has 0 unspecified atom stereocenters. The van der Waals surface area contributed by atoms with E-state index in [2.05, 4.69) is 10.9 Å². The standard InChI is InChI=1S/C13H18N2O3/c1-3-7-12(16)14-15-13(17)10-8-5-6-9-11(10)18-4-2/h5-6,8-9H,3-4,7H2,1-2H3,(H,14,16)(H,15,17). The molecular weight excluding hydrogens is 232 g/mol. The first kappa shape index (κ1) is 14.0. The third-order valence-corrected chi connectivity index (χ3v) is 2.22. The second kappa shape index (κ2) is 7.32. The van der Waals surface area contributed by atoms with Gasteiger partial charge in [0.1, 0.15) is 5.75 Å². The Bertz CT molecular complexity index is 418. The molecular formula is C13H18N2O3. The largest absolute Gasteiger partial charge is 0.493 e. The Morgan fingerprint density at radius 2 is 1.89 bits per heavy atom. The molecule has 0 aliphatic rings. The molecule has 0 aliphatic carbocycles. The Labute approximate surface area is 106 Å². The molecule has 1 aromatic rings. The number of hydrogen-bond donors (Lipinski definition) is 2. The number of para-hydroxylation sites is 1. The fraction of sp³-hybridized carbons (Fsp3) is 0.385. The van der Waals surface area contributed by atoms with Crippen LogP contribution in [0.4, 0.5) is 0 Å². The topological polar surface area (TPSA) is 67.4 Å². The van der Waals surface area contributed by atoms with E-state index in [1.807, 2.05) is 13.8 Å². The Morgan fingerprint density at radius 1 is 1.17 bits per heavy atom. The SMILES string of the molecule is CCCC(=O)NNC(=O)c1ccccc1OCC. The molecule has 0 atom stereocenters. The van der Waals surface area contributed by atoms with Gasteiger partial charge in [-0.15, -0.1) is 0 Å². The van der Waals surface area contributed by atoms with Crippen molar-refractivity contribution >= 4 is 11.8 Å². The first-order valence-electron chi connectivity index (χ1n) is 6.00. The Kier molecular flexibility index (Phi) is 5.70. The van der Waals surface area contributed by atoms with Gasteiger partial charge >= 0.3 is 0 Å². The van der Waals surface area contributed by atoms with E-state index in [1.165, 1.54) is 0 Å². The molecule has 1 aromatic carbocycles. The van der Waals surface area contributed by atoms with Crippen molar-refractivity contribution in [1.29, 1.82) is 0 Å². The first-order valence-corrected chi connectivity index (χ1v) is 6.00. The molecule has 0 heterocycles. The van der Waals surface area contributed by atoms with Gasteiger partial charge in [-0.1, -0.05) is 19.1 Å². The molecule has 0 fully saturated rings. The molecule has 0 spiro atoms. The maximum Gasteiger partial charge on any atom is 0.273 e. The lowest BCUT2D eigenvalue weighted by atomic mass is 10.2. The van der Waals surface area contributed by atoms with Crippen molar-refractivity contribution < 1.29 is 14.3 Å². The number of hydrazine groups is 1. The van der Waals surface area contributed by atoms with Crippen LogP contribution in [0.1, 0.15) is 37.0 Å². The van der Waals surface area contributed by atoms with Crippen molar-refractivity contribution in [2.24, 2.45) is 0 Å². The summed E-state index contributed by atoms with van der Waals surface area (Å²) in [6.45, 7) is 4.22. The van der Waals surface area contributed by atoms with Gasteiger partial charge in [0.25, 0.3) is 5.91 Å². The summed E-state index contributed by atoms with van der Waals surface area (Å²) in [6.07, 6.45) is 1.12. The average molecular weight is 250 g/mol. The van der Waals surface area contributed by atoms with E-state index >= 15 is 0 Å². The van der Waals surface area contributed by atoms with Gasteiger partial charge in [0.05, 0.1) is 12.2 Å². The third-order valence-electron chi connectivity index (χ3n) is 2.22. The molecule has 2 amide bonds. The lowest BCUT2D eigenvalue weighted by Crippen LogP contribution is -2.41. The number of ether oxygens (including phenoxy) is 1. The minimum absolute atomic E-state index is 0.209. The van der Waals surface area contributed by atoms with Gasteiger partial charge in [-0.05, 0) is 25.5 Å². The van der Waals surface area contributed by atoms with Gasteiger partial charge in [0, 0.05) is 6.42 Å². The zero-order valence-corrected chi connectivity index (χ0v) is 10.7. The lowest BCUT2D eigenvalue weighted by molar-refractivity contribution is -0.121. The molecule has 1 rings (SSSR count). The van der Waals surface area contributed by atoms with Crippen molar-refractivity contribution in [3.8, 4) is 5.75 Å². The van der Waals surface area contributed by atoms with E-state index < -0.39 is 0 Å². The van der Waals surface area contributed by atoms with Crippen LogP contribution in [0.25, 0.3) is 0 Å². The number of carbonyl (C=O) groups excluding carboxylic acids is 2. The van der Waals surface area contributed by atoms with Gasteiger partial charge in [-0.3, -0.25) is 20.4 Å². The van der Waals surface area contributed by atoms with Crippen LogP contribution in [-0.4, -0.2) is 18.4 Å². The van der Waals surface area contributed by atoms with Crippen LogP contribution in [0.2, 0.25) is 0 Å². The van der Waals surface area contributed by atoms with E-state index in [-0.39, 0.29) is 11.8 Å². The molecule has 5 nitrogen and oxygen atoms in total. The quantitative estimate of drug-likeness (QED) is 0.781. The molecule has 18 heavy (non-hydrogen) atoms. The summed E-state index contributed by atoms with van der Waals surface area (Å²) < 4.78 is 5.34. The van der Waals surface area contributed by atoms with Crippen molar-refractivity contribution in [3.63, 3.8) is 0 Å². The summed E-state index contributed by atoms with van der Waals surface area (Å²) in [5, 5.41) is 0. The predicted octanol–water partition coefficient (Wildman–Crippen LogP) is 1.65. The summed E-state index contributed by atoms with van der Waals surface area (Å²) in [6, 6.07) is 6.89. The summed E-state index contributed by atoms with van der Waals surface area (Å²) in [5.41, 5.74) is 5.12. The maximum atomic E-state index is 11.8. The molecule has 2 N–H and O–H groups in total. The zero-order chi connectivity index (χ0) is 13.4. The van der Waals surface area contributed by atoms with Crippen LogP contribution >= 0.6 is 0 Å². The van der Waals surface area contributed by atoms with E-state index in [9.17, 15) is 9.59 Å². The highest BCUT2D eigenvalue weighted by Crippen LogP contribution is 2.17. The Balaban J connectivity index is 2.63. The average Bonchev–Trinajstić information content (AvgIpc) is 2.37. The van der Waals surface area contributed by atoms with Crippen LogP contribution in [0.3, 0.4) is 0 Å². The maximum absolute atomic E-state index is 11.8. The third kappa shape index (κ3) is 4.08. The van der Waals surface area contributed by atoms with Crippen molar-refractivity contribution in [2.45, 2.75) is 26.7 Å². The number of nitrogens with one attached hydrogen (secondary N) is 2. The molecule has 98 valence electrons. The van der Waals surface area contributed by atoms with E-state index in [4.69, 9.17) is 4.74 Å². The molecule has 0 saturated heterocycles. The zero-order valence-electron chi connectivity index (χ0n) is 10.7. The first-order chi connectivity index (χ1) is 8.69. The Morgan fingerprint density at radius 3 is 2.56 bits per heavy atom. The van der Waals surface area contributed by atoms with Crippen LogP contribution in [0, 0.1) is 0 Å². The van der Waals surface area contributed by atoms with E-state index in [0.29, 0.717) is 24.3 Å². The minimum atomic E-state index is -0.386. The van der Waals surface area contributed by atoms with Crippen LogP contribution in [0.15, 0.2) is 24.3 Å². The predicted molar refractivity (Wildman–Crippen MR) is 68.1 cm³/mol. The number of amides is 2. The molecule has 0 aliphatic heterocycles. The minimum Gasteiger partial charge on any atom is -0.493 e. The van der Waals surface area contributed by atoms with Crippen molar-refractivity contribution in [1.82, 2.24) is 10.9 Å².